The van der Waals surface area contributed by atoms with Gasteiger partial charge in [-0.3, -0.25) is 0 Å². The Morgan fingerprint density at radius 3 is 2.45 bits per heavy atom. The number of nitriles is 1. The number of halogens is 1. The van der Waals surface area contributed by atoms with Gasteiger partial charge in [0, 0.05) is 11.2 Å². The molecule has 0 saturated carbocycles. The van der Waals surface area contributed by atoms with Crippen LogP contribution in [0.5, 0.6) is 0 Å². The fourth-order valence-corrected chi connectivity index (χ4v) is 1.25. The second-order valence-corrected chi connectivity index (χ2v) is 3.72. The Hall–Kier alpha value is -0.0300. The molecule has 0 aromatic rings. The van der Waals surface area contributed by atoms with Crippen molar-refractivity contribution in [3.63, 3.8) is 0 Å². The summed E-state index contributed by atoms with van der Waals surface area (Å²) in [6.07, 6.45) is 3.21. The van der Waals surface area contributed by atoms with E-state index in [0.717, 1.165) is 24.6 Å². The molecular weight excluding hydrogens is 202 g/mol. The predicted molar refractivity (Wildman–Crippen MR) is 51.6 cm³/mol. The second kappa shape index (κ2) is 6.67. The van der Waals surface area contributed by atoms with Crippen molar-refractivity contribution in [3.05, 3.63) is 0 Å². The quantitative estimate of drug-likeness (QED) is 0.649. The maximum atomic E-state index is 8.65. The molecule has 0 N–H and O–H groups in total. The molecule has 0 aromatic carbocycles. The molecule has 11 heavy (non-hydrogen) atoms. The standard InChI is InChI=1S/C9H16BrN/c1-3-9(7-11)5-4-8(2)6-10/h8-9H,3-6H2,1-2H3. The van der Waals surface area contributed by atoms with Crippen LogP contribution in [0.2, 0.25) is 0 Å². The van der Waals surface area contributed by atoms with Crippen LogP contribution in [-0.2, 0) is 0 Å². The molecule has 0 aromatic heterocycles. The van der Waals surface area contributed by atoms with E-state index in [0.29, 0.717) is 5.92 Å². The van der Waals surface area contributed by atoms with Crippen LogP contribution >= 0.6 is 15.9 Å². The fourth-order valence-electron chi connectivity index (χ4n) is 0.923. The summed E-state index contributed by atoms with van der Waals surface area (Å²) < 4.78 is 0. The van der Waals surface area contributed by atoms with Gasteiger partial charge >= 0.3 is 0 Å². The van der Waals surface area contributed by atoms with Crippen molar-refractivity contribution in [2.24, 2.45) is 11.8 Å². The highest BCUT2D eigenvalue weighted by atomic mass is 79.9. The summed E-state index contributed by atoms with van der Waals surface area (Å²) in [7, 11) is 0. The molecule has 0 amide bonds. The molecule has 64 valence electrons. The Bertz CT molecular complexity index is 128. The van der Waals surface area contributed by atoms with Gasteiger partial charge in [-0.25, -0.2) is 0 Å². The van der Waals surface area contributed by atoms with Gasteiger partial charge in [0.1, 0.15) is 0 Å². The van der Waals surface area contributed by atoms with Crippen LogP contribution in [0.3, 0.4) is 0 Å². The third-order valence-corrected chi connectivity index (χ3v) is 3.05. The normalized spacial score (nSPS) is 15.5. The molecule has 0 bridgehead atoms. The third-order valence-electron chi connectivity index (χ3n) is 1.95. The lowest BCUT2D eigenvalue weighted by molar-refractivity contribution is 0.485. The molecule has 0 aliphatic heterocycles. The van der Waals surface area contributed by atoms with E-state index in [4.69, 9.17) is 5.26 Å². The molecule has 0 spiro atoms. The van der Waals surface area contributed by atoms with Crippen LogP contribution < -0.4 is 0 Å². The van der Waals surface area contributed by atoms with Crippen molar-refractivity contribution >= 4 is 15.9 Å². The summed E-state index contributed by atoms with van der Waals surface area (Å²) in [6, 6.07) is 2.32. The molecule has 2 unspecified atom stereocenters. The first-order chi connectivity index (χ1) is 5.24. The predicted octanol–water partition coefficient (Wildman–Crippen LogP) is 3.35. The Morgan fingerprint density at radius 2 is 2.09 bits per heavy atom. The number of rotatable bonds is 5. The molecular formula is C9H16BrN. The lowest BCUT2D eigenvalue weighted by atomic mass is 9.97. The first kappa shape index (κ1) is 11.0. The van der Waals surface area contributed by atoms with Gasteiger partial charge in [0.05, 0.1) is 6.07 Å². The van der Waals surface area contributed by atoms with Gasteiger partial charge in [0.2, 0.25) is 0 Å². The number of alkyl halides is 1. The topological polar surface area (TPSA) is 23.8 Å². The number of hydrogen-bond donors (Lipinski definition) is 0. The maximum absolute atomic E-state index is 8.65. The van der Waals surface area contributed by atoms with Crippen LogP contribution in [0, 0.1) is 23.2 Å². The zero-order valence-electron chi connectivity index (χ0n) is 7.31. The van der Waals surface area contributed by atoms with Crippen LogP contribution in [0.15, 0.2) is 0 Å². The minimum absolute atomic E-state index is 0.275. The lowest BCUT2D eigenvalue weighted by Gasteiger charge is -2.09. The molecule has 0 heterocycles. The van der Waals surface area contributed by atoms with Gasteiger partial charge in [-0.1, -0.05) is 29.8 Å². The van der Waals surface area contributed by atoms with Crippen molar-refractivity contribution in [1.29, 1.82) is 5.26 Å². The smallest absolute Gasteiger partial charge is 0.0655 e. The molecule has 0 aliphatic carbocycles. The average molecular weight is 218 g/mol. The summed E-state index contributed by atoms with van der Waals surface area (Å²) in [5.41, 5.74) is 0. The van der Waals surface area contributed by atoms with Crippen molar-refractivity contribution < 1.29 is 0 Å². The Labute approximate surface area is 77.9 Å². The van der Waals surface area contributed by atoms with Gasteiger partial charge in [-0.05, 0) is 25.2 Å². The van der Waals surface area contributed by atoms with E-state index in [9.17, 15) is 0 Å². The Balaban J connectivity index is 3.44. The lowest BCUT2D eigenvalue weighted by Crippen LogP contribution is -2.01. The summed E-state index contributed by atoms with van der Waals surface area (Å²) >= 11 is 3.43. The first-order valence-corrected chi connectivity index (χ1v) is 5.32. The van der Waals surface area contributed by atoms with Crippen molar-refractivity contribution in [1.82, 2.24) is 0 Å². The molecule has 0 fully saturated rings. The molecule has 0 rings (SSSR count). The molecule has 0 saturated heterocycles. The van der Waals surface area contributed by atoms with Crippen LogP contribution in [0.1, 0.15) is 33.1 Å². The van der Waals surface area contributed by atoms with Crippen LogP contribution in [0.25, 0.3) is 0 Å². The highest BCUT2D eigenvalue weighted by Gasteiger charge is 2.06. The molecule has 0 aliphatic rings. The van der Waals surface area contributed by atoms with Gasteiger partial charge in [0.15, 0.2) is 0 Å². The molecule has 0 radical (unpaired) electrons. The van der Waals surface area contributed by atoms with Crippen LogP contribution in [-0.4, -0.2) is 5.33 Å². The zero-order valence-corrected chi connectivity index (χ0v) is 8.89. The van der Waals surface area contributed by atoms with Crippen LogP contribution in [0.4, 0.5) is 0 Å². The number of hydrogen-bond acceptors (Lipinski definition) is 1. The first-order valence-electron chi connectivity index (χ1n) is 4.20. The third kappa shape index (κ3) is 5.26. The largest absolute Gasteiger partial charge is 0.198 e. The van der Waals surface area contributed by atoms with Crippen molar-refractivity contribution in [2.75, 3.05) is 5.33 Å². The van der Waals surface area contributed by atoms with Crippen molar-refractivity contribution in [3.8, 4) is 6.07 Å². The summed E-state index contributed by atoms with van der Waals surface area (Å²) in [6.45, 7) is 4.28. The Morgan fingerprint density at radius 1 is 1.45 bits per heavy atom. The molecule has 2 atom stereocenters. The number of nitrogens with zero attached hydrogens (tertiary/aromatic N) is 1. The highest BCUT2D eigenvalue weighted by Crippen LogP contribution is 2.15. The second-order valence-electron chi connectivity index (χ2n) is 3.07. The minimum Gasteiger partial charge on any atom is -0.198 e. The Kier molecular flexibility index (Phi) is 6.65. The van der Waals surface area contributed by atoms with Gasteiger partial charge in [0.25, 0.3) is 0 Å². The molecule has 1 nitrogen and oxygen atoms in total. The van der Waals surface area contributed by atoms with E-state index < -0.39 is 0 Å². The molecule has 2 heteroatoms. The zero-order chi connectivity index (χ0) is 8.69. The van der Waals surface area contributed by atoms with E-state index in [1.807, 2.05) is 0 Å². The average Bonchev–Trinajstić information content (AvgIpc) is 2.06. The van der Waals surface area contributed by atoms with E-state index >= 15 is 0 Å². The van der Waals surface area contributed by atoms with Gasteiger partial charge < -0.3 is 0 Å². The van der Waals surface area contributed by atoms with Gasteiger partial charge in [-0.15, -0.1) is 0 Å². The van der Waals surface area contributed by atoms with E-state index in [1.165, 1.54) is 0 Å². The van der Waals surface area contributed by atoms with E-state index in [1.54, 1.807) is 0 Å². The summed E-state index contributed by atoms with van der Waals surface area (Å²) in [4.78, 5) is 0. The SMILES string of the molecule is CCC(C#N)CCC(C)CBr. The summed E-state index contributed by atoms with van der Waals surface area (Å²) in [5, 5.41) is 9.70. The summed E-state index contributed by atoms with van der Waals surface area (Å²) in [5.74, 6) is 0.980. The fraction of sp³-hybridized carbons (Fsp3) is 0.889. The van der Waals surface area contributed by atoms with E-state index in [-0.39, 0.29) is 5.92 Å². The van der Waals surface area contributed by atoms with E-state index in [2.05, 4.69) is 35.8 Å². The highest BCUT2D eigenvalue weighted by molar-refractivity contribution is 9.09. The monoisotopic (exact) mass is 217 g/mol. The minimum atomic E-state index is 0.275. The maximum Gasteiger partial charge on any atom is 0.0655 e. The van der Waals surface area contributed by atoms with Gasteiger partial charge in [-0.2, -0.15) is 5.26 Å². The van der Waals surface area contributed by atoms with Crippen molar-refractivity contribution in [2.45, 2.75) is 33.1 Å².